The number of nitrogens with zero attached hydrogens (tertiary/aromatic N) is 1. The van der Waals surface area contributed by atoms with Gasteiger partial charge in [-0.25, -0.2) is 0 Å². The van der Waals surface area contributed by atoms with Gasteiger partial charge >= 0.3 is 6.18 Å². The van der Waals surface area contributed by atoms with Crippen LogP contribution in [0.3, 0.4) is 0 Å². The number of carbonyl (C=O) groups excluding carboxylic acids is 2. The van der Waals surface area contributed by atoms with Crippen LogP contribution in [-0.2, 0) is 15.8 Å². The van der Waals surface area contributed by atoms with Gasteiger partial charge in [0, 0.05) is 48.0 Å². The van der Waals surface area contributed by atoms with Crippen molar-refractivity contribution in [1.29, 1.82) is 0 Å². The largest absolute Gasteiger partial charge is 0.480 e. The van der Waals surface area contributed by atoms with Gasteiger partial charge < -0.3 is 20.1 Å². The van der Waals surface area contributed by atoms with E-state index in [0.717, 1.165) is 17.7 Å². The molecule has 2 heterocycles. The van der Waals surface area contributed by atoms with Gasteiger partial charge in [0.25, 0.3) is 5.91 Å². The first-order valence-electron chi connectivity index (χ1n) is 12.5. The Bertz CT molecular complexity index is 1160. The third kappa shape index (κ3) is 5.57. The first-order valence-corrected chi connectivity index (χ1v) is 12.9. The Morgan fingerprint density at radius 1 is 1.03 bits per heavy atom. The minimum Gasteiger partial charge on any atom is -0.480 e. The molecule has 0 aromatic heterocycles. The maximum absolute atomic E-state index is 12.9. The van der Waals surface area contributed by atoms with Crippen molar-refractivity contribution in [3.63, 3.8) is 0 Å². The molecular weight excluding hydrogens is 509 g/mol. The molecule has 2 aromatic carbocycles. The molecule has 2 aliphatic heterocycles. The van der Waals surface area contributed by atoms with Gasteiger partial charge in [-0.15, -0.1) is 0 Å². The number of aliphatic hydroxyl groups excluding tert-OH is 1. The van der Waals surface area contributed by atoms with Gasteiger partial charge in [-0.3, -0.25) is 9.59 Å². The molecule has 1 saturated heterocycles. The highest BCUT2D eigenvalue weighted by molar-refractivity contribution is 6.30. The van der Waals surface area contributed by atoms with E-state index in [1.54, 1.807) is 23.1 Å². The number of alkyl halides is 3. The Morgan fingerprint density at radius 3 is 2.35 bits per heavy atom. The maximum Gasteiger partial charge on any atom is 0.416 e. The summed E-state index contributed by atoms with van der Waals surface area (Å²) in [5.41, 5.74) is 0.708. The molecule has 0 radical (unpaired) electrons. The number of nitrogens with one attached hydrogen (secondary N) is 1. The van der Waals surface area contributed by atoms with Crippen LogP contribution < -0.4 is 10.1 Å². The smallest absolute Gasteiger partial charge is 0.416 e. The molecule has 0 bridgehead atoms. The van der Waals surface area contributed by atoms with E-state index in [0.29, 0.717) is 55.1 Å². The summed E-state index contributed by atoms with van der Waals surface area (Å²) in [5.74, 6) is 0.167. The third-order valence-corrected chi connectivity index (χ3v) is 7.89. The number of hydrogen-bond donors (Lipinski definition) is 2. The molecule has 10 heteroatoms. The zero-order valence-corrected chi connectivity index (χ0v) is 20.8. The summed E-state index contributed by atoms with van der Waals surface area (Å²) < 4.78 is 44.1. The van der Waals surface area contributed by atoms with Gasteiger partial charge in [0.2, 0.25) is 5.91 Å². The fraction of sp³-hybridized carbons (Fsp3) is 0.481. The molecule has 2 N–H and O–H groups in total. The molecule has 1 saturated carbocycles. The fourth-order valence-corrected chi connectivity index (χ4v) is 5.61. The molecular formula is C27H28ClF3N2O4. The van der Waals surface area contributed by atoms with Crippen LogP contribution in [0, 0.1) is 5.92 Å². The Hall–Kier alpha value is -2.78. The zero-order valence-electron chi connectivity index (χ0n) is 20.0. The number of fused-ring (bicyclic) bond motifs is 1. The van der Waals surface area contributed by atoms with E-state index in [2.05, 4.69) is 5.32 Å². The predicted octanol–water partition coefficient (Wildman–Crippen LogP) is 4.84. The highest BCUT2D eigenvalue weighted by Gasteiger charge is 2.38. The average molecular weight is 537 g/mol. The summed E-state index contributed by atoms with van der Waals surface area (Å²) in [5, 5.41) is 13.9. The number of hydrogen-bond acceptors (Lipinski definition) is 4. The van der Waals surface area contributed by atoms with Crippen molar-refractivity contribution in [3.05, 3.63) is 64.2 Å². The first-order chi connectivity index (χ1) is 17.6. The van der Waals surface area contributed by atoms with E-state index in [1.165, 1.54) is 12.1 Å². The van der Waals surface area contributed by atoms with Crippen LogP contribution in [0.5, 0.6) is 5.75 Å². The van der Waals surface area contributed by atoms with E-state index >= 15 is 0 Å². The summed E-state index contributed by atoms with van der Waals surface area (Å²) >= 11 is 5.98. The molecule has 2 aromatic rings. The van der Waals surface area contributed by atoms with Crippen LogP contribution in [0.1, 0.15) is 60.8 Å². The van der Waals surface area contributed by atoms with Crippen molar-refractivity contribution < 1.29 is 32.6 Å². The quantitative estimate of drug-likeness (QED) is 0.586. The lowest BCUT2D eigenvalue weighted by Crippen LogP contribution is -2.52. The molecule has 2 amide bonds. The summed E-state index contributed by atoms with van der Waals surface area (Å²) in [6, 6.07) is 10.0. The van der Waals surface area contributed by atoms with Gasteiger partial charge in [-0.05, 0) is 61.6 Å². The van der Waals surface area contributed by atoms with Crippen molar-refractivity contribution in [2.75, 3.05) is 13.1 Å². The summed E-state index contributed by atoms with van der Waals surface area (Å²) in [7, 11) is 0. The molecule has 5 rings (SSSR count). The minimum absolute atomic E-state index is 0.0499. The summed E-state index contributed by atoms with van der Waals surface area (Å²) in [4.78, 5) is 27.5. The number of ether oxygens (including phenoxy) is 1. The minimum atomic E-state index is -4.36. The lowest BCUT2D eigenvalue weighted by atomic mass is 9.83. The molecule has 198 valence electrons. The Morgan fingerprint density at radius 2 is 1.70 bits per heavy atom. The van der Waals surface area contributed by atoms with Crippen molar-refractivity contribution in [1.82, 2.24) is 10.2 Å². The Kier molecular flexibility index (Phi) is 7.11. The maximum atomic E-state index is 12.9. The van der Waals surface area contributed by atoms with E-state index in [1.807, 2.05) is 0 Å². The van der Waals surface area contributed by atoms with Crippen LogP contribution in [0.4, 0.5) is 13.2 Å². The Balaban J connectivity index is 1.07. The van der Waals surface area contributed by atoms with Crippen LogP contribution >= 0.6 is 11.6 Å². The number of halogens is 4. The van der Waals surface area contributed by atoms with Gasteiger partial charge in [-0.1, -0.05) is 23.7 Å². The molecule has 2 fully saturated rings. The summed E-state index contributed by atoms with van der Waals surface area (Å²) in [6.45, 7) is 1.02. The predicted molar refractivity (Wildman–Crippen MR) is 130 cm³/mol. The molecule has 3 aliphatic rings. The van der Waals surface area contributed by atoms with Crippen LogP contribution in [0.2, 0.25) is 5.02 Å². The average Bonchev–Trinajstić information content (AvgIpc) is 2.83. The number of carbonyl (C=O) groups is 2. The van der Waals surface area contributed by atoms with Crippen LogP contribution in [0.25, 0.3) is 0 Å². The number of likely N-dealkylation sites (tertiary alicyclic amines) is 1. The van der Waals surface area contributed by atoms with Gasteiger partial charge in [-0.2, -0.15) is 13.2 Å². The number of benzene rings is 2. The molecule has 6 nitrogen and oxygen atoms in total. The highest BCUT2D eigenvalue weighted by atomic mass is 35.5. The van der Waals surface area contributed by atoms with E-state index in [-0.39, 0.29) is 36.1 Å². The number of rotatable bonds is 4. The molecule has 1 aliphatic carbocycles. The zero-order chi connectivity index (χ0) is 26.3. The second-order valence-corrected chi connectivity index (χ2v) is 10.6. The van der Waals surface area contributed by atoms with Gasteiger partial charge in [0.1, 0.15) is 5.75 Å². The second-order valence-electron chi connectivity index (χ2n) is 10.2. The molecule has 0 unspecified atom stereocenters. The van der Waals surface area contributed by atoms with Crippen molar-refractivity contribution >= 4 is 23.4 Å². The van der Waals surface area contributed by atoms with Crippen molar-refractivity contribution in [3.8, 4) is 5.75 Å². The van der Waals surface area contributed by atoms with Crippen molar-refractivity contribution in [2.24, 2.45) is 5.92 Å². The second kappa shape index (κ2) is 10.2. The van der Waals surface area contributed by atoms with Crippen LogP contribution in [-0.4, -0.2) is 47.1 Å². The summed E-state index contributed by atoms with van der Waals surface area (Å²) in [6.07, 6.45) is -3.22. The van der Waals surface area contributed by atoms with E-state index in [4.69, 9.17) is 16.3 Å². The third-order valence-electron chi connectivity index (χ3n) is 7.66. The standard InChI is InChI=1S/C27H28ClF3N2O4/c28-19-7-10-23-21(11-19)22(34)12-24(37-23)25(35)32-20-8-3-16(4-9-20)26(36)33-13-17(14-33)15-1-5-18(6-2-15)27(29,30)31/h1-2,5-7,10-11,16-17,20,22,24,34H,3-4,8-9,12-14H2,(H,32,35)/t16-,20-,22-,24-/m1/s1. The SMILES string of the molecule is O=C(N[C@H]1CC[C@H](C(=O)N2CC(c3ccc(C(F)(F)F)cc3)C2)CC1)[C@H]1C[C@@H](O)c2cc(Cl)ccc2O1. The van der Waals surface area contributed by atoms with Crippen molar-refractivity contribution in [2.45, 2.75) is 62.4 Å². The number of aliphatic hydroxyl groups is 1. The molecule has 0 spiro atoms. The lowest BCUT2D eigenvalue weighted by molar-refractivity contribution is -0.141. The normalized spacial score (nSPS) is 26.0. The highest BCUT2D eigenvalue weighted by Crippen LogP contribution is 2.37. The fourth-order valence-electron chi connectivity index (χ4n) is 5.43. The van der Waals surface area contributed by atoms with E-state index < -0.39 is 23.9 Å². The topological polar surface area (TPSA) is 78.9 Å². The molecule has 2 atom stereocenters. The van der Waals surface area contributed by atoms with Gasteiger partial charge in [0.15, 0.2) is 6.10 Å². The van der Waals surface area contributed by atoms with E-state index in [9.17, 15) is 27.9 Å². The monoisotopic (exact) mass is 536 g/mol. The Labute approximate surface area is 217 Å². The first kappa shape index (κ1) is 25.9. The van der Waals surface area contributed by atoms with Gasteiger partial charge in [0.05, 0.1) is 11.7 Å². The van der Waals surface area contributed by atoms with Crippen LogP contribution in [0.15, 0.2) is 42.5 Å². The molecule has 37 heavy (non-hydrogen) atoms. The number of amides is 2. The lowest BCUT2D eigenvalue weighted by Gasteiger charge is -2.42.